The van der Waals surface area contributed by atoms with Crippen LogP contribution in [0, 0.1) is 0 Å². The lowest BCUT2D eigenvalue weighted by atomic mass is 10.2. The molecule has 3 rings (SSSR count). The molecule has 0 radical (unpaired) electrons. The molecule has 1 aromatic carbocycles. The van der Waals surface area contributed by atoms with Gasteiger partial charge in [0.1, 0.15) is 0 Å². The monoisotopic (exact) mass is 258 g/mol. The number of nitrogens with zero attached hydrogens (tertiary/aromatic N) is 3. The SMILES string of the molecule is Cn1nc(CN2C(=O)CNCC2=O)c2ccccc21. The third-order valence-electron chi connectivity index (χ3n) is 3.30. The van der Waals surface area contributed by atoms with E-state index >= 15 is 0 Å². The van der Waals surface area contributed by atoms with Gasteiger partial charge in [-0.25, -0.2) is 0 Å². The summed E-state index contributed by atoms with van der Waals surface area (Å²) >= 11 is 0. The smallest absolute Gasteiger partial charge is 0.243 e. The van der Waals surface area contributed by atoms with E-state index in [1.165, 1.54) is 4.90 Å². The topological polar surface area (TPSA) is 67.2 Å². The van der Waals surface area contributed by atoms with Crippen LogP contribution >= 0.6 is 0 Å². The molecule has 0 atom stereocenters. The molecule has 6 nitrogen and oxygen atoms in total. The molecule has 2 heterocycles. The first-order valence-electron chi connectivity index (χ1n) is 6.11. The van der Waals surface area contributed by atoms with Gasteiger partial charge in [0.2, 0.25) is 11.8 Å². The molecule has 1 fully saturated rings. The fraction of sp³-hybridized carbons (Fsp3) is 0.308. The predicted octanol–water partition coefficient (Wildman–Crippen LogP) is 0.0317. The molecule has 2 amide bonds. The lowest BCUT2D eigenvalue weighted by Crippen LogP contribution is -2.51. The maximum atomic E-state index is 11.8. The predicted molar refractivity (Wildman–Crippen MR) is 69.1 cm³/mol. The second kappa shape index (κ2) is 4.47. The van der Waals surface area contributed by atoms with Crippen LogP contribution in [0.5, 0.6) is 0 Å². The summed E-state index contributed by atoms with van der Waals surface area (Å²) in [4.78, 5) is 24.8. The Morgan fingerprint density at radius 3 is 2.63 bits per heavy atom. The number of para-hydroxylation sites is 1. The fourth-order valence-electron chi connectivity index (χ4n) is 2.34. The van der Waals surface area contributed by atoms with Crippen molar-refractivity contribution < 1.29 is 9.59 Å². The van der Waals surface area contributed by atoms with E-state index in [9.17, 15) is 9.59 Å². The van der Waals surface area contributed by atoms with Crippen molar-refractivity contribution in [3.05, 3.63) is 30.0 Å². The summed E-state index contributed by atoms with van der Waals surface area (Å²) in [6, 6.07) is 7.78. The van der Waals surface area contributed by atoms with Crippen LogP contribution < -0.4 is 5.32 Å². The molecule has 0 aliphatic carbocycles. The Kier molecular flexibility index (Phi) is 2.79. The Balaban J connectivity index is 1.97. The number of carbonyl (C=O) groups is 2. The molecular weight excluding hydrogens is 244 g/mol. The van der Waals surface area contributed by atoms with Gasteiger partial charge in [-0.2, -0.15) is 5.10 Å². The highest BCUT2D eigenvalue weighted by Crippen LogP contribution is 2.19. The molecule has 19 heavy (non-hydrogen) atoms. The first-order valence-corrected chi connectivity index (χ1v) is 6.11. The maximum absolute atomic E-state index is 11.8. The van der Waals surface area contributed by atoms with Gasteiger partial charge < -0.3 is 0 Å². The number of nitrogens with one attached hydrogen (secondary N) is 1. The van der Waals surface area contributed by atoms with Crippen LogP contribution in [0.25, 0.3) is 10.9 Å². The van der Waals surface area contributed by atoms with Crippen molar-refractivity contribution >= 4 is 22.7 Å². The molecule has 0 bridgehead atoms. The van der Waals surface area contributed by atoms with Gasteiger partial charge in [0.25, 0.3) is 0 Å². The second-order valence-corrected chi connectivity index (χ2v) is 4.56. The van der Waals surface area contributed by atoms with Gasteiger partial charge in [-0.15, -0.1) is 0 Å². The summed E-state index contributed by atoms with van der Waals surface area (Å²) in [5.74, 6) is -0.406. The van der Waals surface area contributed by atoms with Gasteiger partial charge in [-0.05, 0) is 6.07 Å². The van der Waals surface area contributed by atoms with Crippen LogP contribution in [0.2, 0.25) is 0 Å². The zero-order valence-electron chi connectivity index (χ0n) is 10.6. The van der Waals surface area contributed by atoms with E-state index in [1.807, 2.05) is 31.3 Å². The molecule has 1 aliphatic rings. The molecule has 6 heteroatoms. The molecule has 0 spiro atoms. The van der Waals surface area contributed by atoms with Crippen LogP contribution in [0.3, 0.4) is 0 Å². The third kappa shape index (κ3) is 2.00. The van der Waals surface area contributed by atoms with Crippen molar-refractivity contribution in [2.75, 3.05) is 13.1 Å². The van der Waals surface area contributed by atoms with Crippen molar-refractivity contribution in [3.8, 4) is 0 Å². The lowest BCUT2D eigenvalue weighted by molar-refractivity contribution is -0.147. The number of imide groups is 1. The number of rotatable bonds is 2. The van der Waals surface area contributed by atoms with Gasteiger partial charge >= 0.3 is 0 Å². The van der Waals surface area contributed by atoms with Crippen molar-refractivity contribution in [2.45, 2.75) is 6.54 Å². The Morgan fingerprint density at radius 2 is 1.89 bits per heavy atom. The van der Waals surface area contributed by atoms with E-state index in [2.05, 4.69) is 10.4 Å². The minimum atomic E-state index is -0.203. The molecular formula is C13H14N4O2. The van der Waals surface area contributed by atoms with Crippen molar-refractivity contribution in [1.82, 2.24) is 20.0 Å². The van der Waals surface area contributed by atoms with E-state index in [1.54, 1.807) is 4.68 Å². The van der Waals surface area contributed by atoms with Gasteiger partial charge in [-0.1, -0.05) is 18.2 Å². The van der Waals surface area contributed by atoms with E-state index in [4.69, 9.17) is 0 Å². The largest absolute Gasteiger partial charge is 0.300 e. The van der Waals surface area contributed by atoms with Gasteiger partial charge in [0.15, 0.2) is 0 Å². The van der Waals surface area contributed by atoms with Crippen LogP contribution in [0.1, 0.15) is 5.69 Å². The lowest BCUT2D eigenvalue weighted by Gasteiger charge is -2.24. The average molecular weight is 258 g/mol. The summed E-state index contributed by atoms with van der Waals surface area (Å²) in [5, 5.41) is 8.15. The van der Waals surface area contributed by atoms with E-state index in [0.717, 1.165) is 16.6 Å². The number of fused-ring (bicyclic) bond motifs is 1. The number of carbonyl (C=O) groups excluding carboxylic acids is 2. The van der Waals surface area contributed by atoms with E-state index in [-0.39, 0.29) is 31.4 Å². The molecule has 1 aliphatic heterocycles. The summed E-state index contributed by atoms with van der Waals surface area (Å²) in [6.07, 6.45) is 0. The van der Waals surface area contributed by atoms with Crippen molar-refractivity contribution in [1.29, 1.82) is 0 Å². The average Bonchev–Trinajstić information content (AvgIpc) is 2.72. The van der Waals surface area contributed by atoms with Gasteiger partial charge in [0, 0.05) is 12.4 Å². The normalized spacial score (nSPS) is 16.4. The van der Waals surface area contributed by atoms with Crippen molar-refractivity contribution in [3.63, 3.8) is 0 Å². The molecule has 0 saturated carbocycles. The molecule has 1 aromatic heterocycles. The van der Waals surface area contributed by atoms with Crippen LogP contribution in [0.15, 0.2) is 24.3 Å². The Hall–Kier alpha value is -2.21. The van der Waals surface area contributed by atoms with Crippen LogP contribution in [-0.4, -0.2) is 39.6 Å². The Morgan fingerprint density at radius 1 is 1.21 bits per heavy atom. The highest BCUT2D eigenvalue weighted by atomic mass is 16.2. The second-order valence-electron chi connectivity index (χ2n) is 4.56. The maximum Gasteiger partial charge on any atom is 0.243 e. The summed E-state index contributed by atoms with van der Waals surface area (Å²) in [5.41, 5.74) is 1.74. The molecule has 1 saturated heterocycles. The zero-order chi connectivity index (χ0) is 13.4. The third-order valence-corrected chi connectivity index (χ3v) is 3.30. The first kappa shape index (κ1) is 11.9. The van der Waals surface area contributed by atoms with Crippen LogP contribution in [-0.2, 0) is 23.2 Å². The molecule has 98 valence electrons. The van der Waals surface area contributed by atoms with E-state index in [0.29, 0.717) is 0 Å². The quantitative estimate of drug-likeness (QED) is 0.772. The van der Waals surface area contributed by atoms with Crippen LogP contribution in [0.4, 0.5) is 0 Å². The zero-order valence-corrected chi connectivity index (χ0v) is 10.6. The molecule has 2 aromatic rings. The fourth-order valence-corrected chi connectivity index (χ4v) is 2.34. The number of aryl methyl sites for hydroxylation is 1. The molecule has 1 N–H and O–H groups in total. The number of hydrogen-bond acceptors (Lipinski definition) is 4. The summed E-state index contributed by atoms with van der Waals surface area (Å²) in [7, 11) is 1.85. The Labute approximate surface area is 110 Å². The van der Waals surface area contributed by atoms with E-state index < -0.39 is 0 Å². The highest BCUT2D eigenvalue weighted by molar-refractivity contribution is 5.99. The summed E-state index contributed by atoms with van der Waals surface area (Å²) in [6.45, 7) is 0.647. The Bertz CT molecular complexity index is 646. The number of piperazine rings is 1. The number of amides is 2. The standard InChI is InChI=1S/C13H14N4O2/c1-16-11-5-3-2-4-9(11)10(15-16)8-17-12(18)6-14-7-13(17)19/h2-5,14H,6-8H2,1H3. The minimum Gasteiger partial charge on any atom is -0.300 e. The minimum absolute atomic E-state index is 0.203. The first-order chi connectivity index (χ1) is 9.16. The summed E-state index contributed by atoms with van der Waals surface area (Å²) < 4.78 is 1.77. The number of benzene rings is 1. The number of hydrogen-bond donors (Lipinski definition) is 1. The molecule has 0 unspecified atom stereocenters. The number of aromatic nitrogens is 2. The van der Waals surface area contributed by atoms with Gasteiger partial charge in [0.05, 0.1) is 30.8 Å². The van der Waals surface area contributed by atoms with Gasteiger partial charge in [-0.3, -0.25) is 24.5 Å². The van der Waals surface area contributed by atoms with Crippen molar-refractivity contribution in [2.24, 2.45) is 7.05 Å². The highest BCUT2D eigenvalue weighted by Gasteiger charge is 2.27.